The topological polar surface area (TPSA) is 56.9 Å². The molecular weight excluding hydrogens is 244 g/mol. The summed E-state index contributed by atoms with van der Waals surface area (Å²) in [5.74, 6) is 1.21. The number of fused-ring (bicyclic) bond motifs is 1. The number of unbranched alkanes of at least 4 members (excludes halogenated alkanes) is 1. The molecule has 0 amide bonds. The summed E-state index contributed by atoms with van der Waals surface area (Å²) in [7, 11) is 0. The first-order valence-electron chi connectivity index (χ1n) is 6.62. The van der Waals surface area contributed by atoms with Crippen molar-refractivity contribution in [1.29, 1.82) is 5.41 Å². The number of aromatic amines is 1. The fourth-order valence-corrected chi connectivity index (χ4v) is 2.45. The van der Waals surface area contributed by atoms with Crippen LogP contribution in [-0.4, -0.2) is 21.5 Å². The monoisotopic (exact) mass is 264 g/mol. The summed E-state index contributed by atoms with van der Waals surface area (Å²) in [6.07, 6.45) is 5.95. The first-order valence-corrected chi connectivity index (χ1v) is 7.03. The Morgan fingerprint density at radius 1 is 1.56 bits per heavy atom. The molecule has 0 radical (unpaired) electrons. The molecule has 1 unspecified atom stereocenters. The van der Waals surface area contributed by atoms with Gasteiger partial charge in [-0.05, 0) is 37.4 Å². The number of aromatic nitrogens is 2. The lowest BCUT2D eigenvalue weighted by Crippen LogP contribution is -2.07. The molecule has 18 heavy (non-hydrogen) atoms. The van der Waals surface area contributed by atoms with Crippen molar-refractivity contribution in [3.05, 3.63) is 10.5 Å². The van der Waals surface area contributed by atoms with Gasteiger partial charge in [-0.3, -0.25) is 0 Å². The van der Waals surface area contributed by atoms with Gasteiger partial charge < -0.3 is 15.0 Å². The maximum atomic E-state index is 8.16. The molecule has 1 aliphatic rings. The first-order chi connectivity index (χ1) is 8.67. The van der Waals surface area contributed by atoms with E-state index in [-0.39, 0.29) is 0 Å². The summed E-state index contributed by atoms with van der Waals surface area (Å²) in [6, 6.07) is 0. The lowest BCUT2D eigenvalue weighted by atomic mass is 10.0. The zero-order valence-corrected chi connectivity index (χ0v) is 11.8. The van der Waals surface area contributed by atoms with Crippen LogP contribution in [0.3, 0.4) is 0 Å². The van der Waals surface area contributed by atoms with Gasteiger partial charge in [-0.2, -0.15) is 0 Å². The molecule has 0 bridgehead atoms. The quantitative estimate of drug-likeness (QED) is 0.797. The van der Waals surface area contributed by atoms with E-state index >= 15 is 0 Å². The molecule has 1 aromatic heterocycles. The Hall–Kier alpha value is -1.23. The number of hydrogen-bond donors (Lipinski definition) is 2. The molecule has 0 aliphatic carbocycles. The van der Waals surface area contributed by atoms with Crippen LogP contribution in [0.2, 0.25) is 0 Å². The van der Waals surface area contributed by atoms with Crippen molar-refractivity contribution < 1.29 is 0 Å². The van der Waals surface area contributed by atoms with E-state index in [4.69, 9.17) is 17.6 Å². The van der Waals surface area contributed by atoms with Crippen molar-refractivity contribution in [3.63, 3.8) is 0 Å². The molecule has 4 nitrogen and oxygen atoms in total. The molecule has 2 N–H and O–H groups in total. The Balaban J connectivity index is 2.42. The molecule has 2 rings (SSSR count). The third kappa shape index (κ3) is 2.46. The molecular formula is C13H20N4S. The van der Waals surface area contributed by atoms with E-state index in [9.17, 15) is 0 Å². The molecule has 0 spiro atoms. The minimum absolute atomic E-state index is 0.367. The predicted molar refractivity (Wildman–Crippen MR) is 77.9 cm³/mol. The Bertz CT molecular complexity index is 524. The zero-order chi connectivity index (χ0) is 13.1. The molecule has 98 valence electrons. The molecule has 0 saturated heterocycles. The lowest BCUT2D eigenvalue weighted by molar-refractivity contribution is 0.627. The third-order valence-corrected chi connectivity index (χ3v) is 3.71. The fraction of sp³-hybridized carbons (Fsp3) is 0.615. The molecule has 0 aromatic carbocycles. The SMILES string of the molecule is CCCCn1c2c([nH]c1=S)C(=N)CC(CC)C=N2. The van der Waals surface area contributed by atoms with E-state index in [1.54, 1.807) is 0 Å². The largest absolute Gasteiger partial charge is 0.328 e. The van der Waals surface area contributed by atoms with Gasteiger partial charge in [-0.15, -0.1) is 0 Å². The van der Waals surface area contributed by atoms with Crippen LogP contribution >= 0.6 is 12.2 Å². The normalized spacial score (nSPS) is 18.8. The maximum absolute atomic E-state index is 8.16. The van der Waals surface area contributed by atoms with Gasteiger partial charge in [-0.1, -0.05) is 20.3 Å². The Kier molecular flexibility index (Phi) is 4.11. The second-order valence-electron chi connectivity index (χ2n) is 4.76. The van der Waals surface area contributed by atoms with Crippen molar-refractivity contribution >= 4 is 30.0 Å². The Morgan fingerprint density at radius 2 is 2.33 bits per heavy atom. The number of nitrogens with one attached hydrogen (secondary N) is 2. The van der Waals surface area contributed by atoms with Gasteiger partial charge >= 0.3 is 0 Å². The van der Waals surface area contributed by atoms with E-state index in [0.717, 1.165) is 43.7 Å². The predicted octanol–water partition coefficient (Wildman–Crippen LogP) is 3.85. The number of rotatable bonds is 4. The standard InChI is InChI=1S/C13H20N4S/c1-3-5-6-17-12-11(16-13(17)18)10(14)7-9(4-2)8-15-12/h8-9,14H,3-7H2,1-2H3,(H,16,18). The van der Waals surface area contributed by atoms with Crippen molar-refractivity contribution in [1.82, 2.24) is 9.55 Å². The molecule has 5 heteroatoms. The summed E-state index contributed by atoms with van der Waals surface area (Å²) in [4.78, 5) is 7.71. The van der Waals surface area contributed by atoms with Gasteiger partial charge in [0.15, 0.2) is 10.6 Å². The van der Waals surface area contributed by atoms with E-state index in [2.05, 4.69) is 23.8 Å². The number of imidazole rings is 1. The molecule has 0 fully saturated rings. The Labute approximate surface area is 113 Å². The van der Waals surface area contributed by atoms with Crippen LogP contribution in [0.1, 0.15) is 45.2 Å². The number of aliphatic imine (C=N–C) groups is 1. The van der Waals surface area contributed by atoms with Gasteiger partial charge in [-0.25, -0.2) is 4.99 Å². The van der Waals surface area contributed by atoms with E-state index in [0.29, 0.717) is 16.4 Å². The van der Waals surface area contributed by atoms with Crippen molar-refractivity contribution in [2.45, 2.75) is 46.1 Å². The van der Waals surface area contributed by atoms with E-state index < -0.39 is 0 Å². The highest BCUT2D eigenvalue weighted by molar-refractivity contribution is 7.71. The second-order valence-corrected chi connectivity index (χ2v) is 5.15. The van der Waals surface area contributed by atoms with Crippen molar-refractivity contribution in [3.8, 4) is 0 Å². The highest BCUT2D eigenvalue weighted by Crippen LogP contribution is 2.26. The fourth-order valence-electron chi connectivity index (χ4n) is 2.17. The number of H-pyrrole nitrogens is 1. The van der Waals surface area contributed by atoms with Gasteiger partial charge in [0.25, 0.3) is 0 Å². The summed E-state index contributed by atoms with van der Waals surface area (Å²) in [5, 5.41) is 8.16. The van der Waals surface area contributed by atoms with Crippen LogP contribution in [0.5, 0.6) is 0 Å². The molecule has 2 heterocycles. The zero-order valence-electron chi connectivity index (χ0n) is 11.0. The van der Waals surface area contributed by atoms with Crippen LogP contribution in [0.4, 0.5) is 5.82 Å². The minimum atomic E-state index is 0.367. The number of hydrogen-bond acceptors (Lipinski definition) is 3. The van der Waals surface area contributed by atoms with Crippen molar-refractivity contribution in [2.24, 2.45) is 10.9 Å². The highest BCUT2D eigenvalue weighted by Gasteiger charge is 2.20. The minimum Gasteiger partial charge on any atom is -0.328 e. The summed E-state index contributed by atoms with van der Waals surface area (Å²) in [6.45, 7) is 5.17. The average molecular weight is 264 g/mol. The van der Waals surface area contributed by atoms with Crippen LogP contribution in [0.15, 0.2) is 4.99 Å². The van der Waals surface area contributed by atoms with Crippen LogP contribution < -0.4 is 0 Å². The summed E-state index contributed by atoms with van der Waals surface area (Å²) >= 11 is 5.33. The van der Waals surface area contributed by atoms with Gasteiger partial charge in [0.2, 0.25) is 0 Å². The first kappa shape index (κ1) is 13.2. The number of nitrogens with zero attached hydrogens (tertiary/aromatic N) is 2. The van der Waals surface area contributed by atoms with Gasteiger partial charge in [0.1, 0.15) is 5.69 Å². The smallest absolute Gasteiger partial charge is 0.179 e. The van der Waals surface area contributed by atoms with Crippen molar-refractivity contribution in [2.75, 3.05) is 0 Å². The highest BCUT2D eigenvalue weighted by atomic mass is 32.1. The second kappa shape index (κ2) is 5.61. The average Bonchev–Trinajstić information content (AvgIpc) is 2.59. The molecule has 1 atom stereocenters. The van der Waals surface area contributed by atoms with Crippen LogP contribution in [0, 0.1) is 16.1 Å². The van der Waals surface area contributed by atoms with Crippen LogP contribution in [0.25, 0.3) is 0 Å². The molecule has 1 aliphatic heterocycles. The van der Waals surface area contributed by atoms with Gasteiger partial charge in [0, 0.05) is 12.8 Å². The van der Waals surface area contributed by atoms with Gasteiger partial charge in [0.05, 0.1) is 5.71 Å². The summed E-state index contributed by atoms with van der Waals surface area (Å²) < 4.78 is 2.71. The molecule has 0 saturated carbocycles. The molecule has 1 aromatic rings. The Morgan fingerprint density at radius 3 is 3.00 bits per heavy atom. The lowest BCUT2D eigenvalue weighted by Gasteiger charge is -2.05. The van der Waals surface area contributed by atoms with E-state index in [1.165, 1.54) is 0 Å². The van der Waals surface area contributed by atoms with E-state index in [1.807, 2.05) is 10.8 Å². The summed E-state index contributed by atoms with van der Waals surface area (Å²) in [5.41, 5.74) is 1.43. The maximum Gasteiger partial charge on any atom is 0.179 e. The third-order valence-electron chi connectivity index (χ3n) is 3.39. The van der Waals surface area contributed by atoms with Crippen LogP contribution in [-0.2, 0) is 6.54 Å².